The standard InChI is InChI=1S/C17H14N6O5/c1-11(16(24)19-13-5-7-14(8-6-13)23(26)27)28-17(25)12-3-2-4-15(9-12)22-10-18-20-21-22/h2-11H,1H3,(H,19,24). The molecule has 0 saturated heterocycles. The Morgan fingerprint density at radius 1 is 1.21 bits per heavy atom. The first-order valence-electron chi connectivity index (χ1n) is 8.04. The molecule has 0 radical (unpaired) electrons. The predicted octanol–water partition coefficient (Wildman–Crippen LogP) is 1.75. The lowest BCUT2D eigenvalue weighted by atomic mass is 10.2. The molecule has 2 aromatic carbocycles. The number of ether oxygens (including phenoxy) is 1. The second kappa shape index (κ2) is 8.03. The number of benzene rings is 2. The summed E-state index contributed by atoms with van der Waals surface area (Å²) < 4.78 is 6.56. The fourth-order valence-corrected chi connectivity index (χ4v) is 2.25. The number of carbonyl (C=O) groups is 2. The number of nitrogens with zero attached hydrogens (tertiary/aromatic N) is 5. The van der Waals surface area contributed by atoms with Gasteiger partial charge in [0.15, 0.2) is 6.10 Å². The number of nitrogens with one attached hydrogen (secondary N) is 1. The van der Waals surface area contributed by atoms with Crippen LogP contribution in [0.1, 0.15) is 17.3 Å². The minimum absolute atomic E-state index is 0.0973. The summed E-state index contributed by atoms with van der Waals surface area (Å²) in [5.74, 6) is -1.26. The first kappa shape index (κ1) is 18.6. The van der Waals surface area contributed by atoms with Gasteiger partial charge in [0.1, 0.15) is 6.33 Å². The number of nitro groups is 1. The van der Waals surface area contributed by atoms with Crippen LogP contribution < -0.4 is 5.32 Å². The molecule has 0 fully saturated rings. The number of tetrazole rings is 1. The molecule has 11 nitrogen and oxygen atoms in total. The van der Waals surface area contributed by atoms with E-state index < -0.39 is 22.9 Å². The van der Waals surface area contributed by atoms with Crippen molar-refractivity contribution in [2.24, 2.45) is 0 Å². The van der Waals surface area contributed by atoms with Gasteiger partial charge in [-0.1, -0.05) is 6.07 Å². The molecule has 3 rings (SSSR count). The fourth-order valence-electron chi connectivity index (χ4n) is 2.25. The molecule has 1 amide bonds. The van der Waals surface area contributed by atoms with Crippen LogP contribution >= 0.6 is 0 Å². The lowest BCUT2D eigenvalue weighted by Crippen LogP contribution is -2.30. The zero-order chi connectivity index (χ0) is 20.1. The summed E-state index contributed by atoms with van der Waals surface area (Å²) in [6, 6.07) is 11.7. The SMILES string of the molecule is CC(OC(=O)c1cccc(-n2cnnn2)c1)C(=O)Nc1ccc([N+](=O)[O-])cc1. The highest BCUT2D eigenvalue weighted by Gasteiger charge is 2.20. The molecule has 0 aliphatic carbocycles. The van der Waals surface area contributed by atoms with Crippen LogP contribution in [0.25, 0.3) is 5.69 Å². The van der Waals surface area contributed by atoms with Gasteiger partial charge in [0.25, 0.3) is 11.6 Å². The smallest absolute Gasteiger partial charge is 0.338 e. The molecule has 28 heavy (non-hydrogen) atoms. The monoisotopic (exact) mass is 382 g/mol. The average Bonchev–Trinajstić information content (AvgIpc) is 3.23. The highest BCUT2D eigenvalue weighted by molar-refractivity contribution is 5.97. The van der Waals surface area contributed by atoms with E-state index in [1.54, 1.807) is 12.1 Å². The number of carbonyl (C=O) groups excluding carboxylic acids is 2. The maximum Gasteiger partial charge on any atom is 0.338 e. The lowest BCUT2D eigenvalue weighted by Gasteiger charge is -2.14. The van der Waals surface area contributed by atoms with Gasteiger partial charge in [-0.25, -0.2) is 9.48 Å². The number of nitro benzene ring substituents is 1. The third-order valence-corrected chi connectivity index (χ3v) is 3.69. The maximum atomic E-state index is 12.3. The normalized spacial score (nSPS) is 11.5. The molecular weight excluding hydrogens is 368 g/mol. The molecule has 11 heteroatoms. The minimum Gasteiger partial charge on any atom is -0.449 e. The summed E-state index contributed by atoms with van der Waals surface area (Å²) in [5, 5.41) is 24.0. The topological polar surface area (TPSA) is 142 Å². The molecule has 3 aromatic rings. The number of hydrogen-bond acceptors (Lipinski definition) is 8. The molecule has 1 N–H and O–H groups in total. The van der Waals surface area contributed by atoms with E-state index in [-0.39, 0.29) is 11.3 Å². The van der Waals surface area contributed by atoms with Crippen LogP contribution in [-0.4, -0.2) is 43.1 Å². The van der Waals surface area contributed by atoms with E-state index in [9.17, 15) is 19.7 Å². The van der Waals surface area contributed by atoms with E-state index in [4.69, 9.17) is 4.74 Å². The Labute approximate surface area is 158 Å². The Bertz CT molecular complexity index is 1000. The van der Waals surface area contributed by atoms with E-state index in [1.165, 1.54) is 54.3 Å². The second-order valence-electron chi connectivity index (χ2n) is 5.65. The second-order valence-corrected chi connectivity index (χ2v) is 5.65. The molecule has 1 heterocycles. The molecule has 0 saturated carbocycles. The van der Waals surface area contributed by atoms with Crippen molar-refractivity contribution in [1.29, 1.82) is 0 Å². The Morgan fingerprint density at radius 2 is 1.96 bits per heavy atom. The van der Waals surface area contributed by atoms with Crippen LogP contribution in [-0.2, 0) is 9.53 Å². The van der Waals surface area contributed by atoms with Gasteiger partial charge in [0, 0.05) is 17.8 Å². The van der Waals surface area contributed by atoms with Crippen LogP contribution in [0.5, 0.6) is 0 Å². The molecular formula is C17H14N6O5. The Kier molecular flexibility index (Phi) is 5.35. The van der Waals surface area contributed by atoms with Crippen LogP contribution in [0.3, 0.4) is 0 Å². The van der Waals surface area contributed by atoms with Crippen LogP contribution in [0.2, 0.25) is 0 Å². The molecule has 1 atom stereocenters. The van der Waals surface area contributed by atoms with Crippen molar-refractivity contribution in [2.75, 3.05) is 5.32 Å². The Morgan fingerprint density at radius 3 is 2.61 bits per heavy atom. The number of rotatable bonds is 6. The summed E-state index contributed by atoms with van der Waals surface area (Å²) in [6.07, 6.45) is 0.296. The third kappa shape index (κ3) is 4.33. The molecule has 142 valence electrons. The first-order valence-corrected chi connectivity index (χ1v) is 8.04. The highest BCUT2D eigenvalue weighted by atomic mass is 16.6. The van der Waals surface area contributed by atoms with Crippen molar-refractivity contribution >= 4 is 23.3 Å². The fraction of sp³-hybridized carbons (Fsp3) is 0.118. The largest absolute Gasteiger partial charge is 0.449 e. The maximum absolute atomic E-state index is 12.3. The van der Waals surface area contributed by atoms with E-state index in [0.717, 1.165) is 0 Å². The highest BCUT2D eigenvalue weighted by Crippen LogP contribution is 2.16. The van der Waals surface area contributed by atoms with Gasteiger partial charge in [-0.2, -0.15) is 0 Å². The van der Waals surface area contributed by atoms with Gasteiger partial charge < -0.3 is 10.1 Å². The molecule has 0 aliphatic heterocycles. The number of anilines is 1. The van der Waals surface area contributed by atoms with Crippen LogP contribution in [0.15, 0.2) is 54.9 Å². The van der Waals surface area contributed by atoms with E-state index in [1.807, 2.05) is 0 Å². The summed E-state index contributed by atoms with van der Waals surface area (Å²) in [7, 11) is 0. The van der Waals surface area contributed by atoms with E-state index in [2.05, 4.69) is 20.8 Å². The van der Waals surface area contributed by atoms with Crippen molar-refractivity contribution < 1.29 is 19.2 Å². The zero-order valence-electron chi connectivity index (χ0n) is 14.6. The van der Waals surface area contributed by atoms with Crippen LogP contribution in [0, 0.1) is 10.1 Å². The van der Waals surface area contributed by atoms with Crippen molar-refractivity contribution in [3.63, 3.8) is 0 Å². The summed E-state index contributed by atoms with van der Waals surface area (Å²) >= 11 is 0. The molecule has 0 bridgehead atoms. The number of amides is 1. The summed E-state index contributed by atoms with van der Waals surface area (Å²) in [5.41, 5.74) is 1.03. The number of hydrogen-bond donors (Lipinski definition) is 1. The molecule has 0 aliphatic rings. The lowest BCUT2D eigenvalue weighted by molar-refractivity contribution is -0.384. The summed E-state index contributed by atoms with van der Waals surface area (Å²) in [4.78, 5) is 34.6. The Hall–Kier alpha value is -4.15. The Balaban J connectivity index is 1.63. The number of non-ortho nitro benzene ring substituents is 1. The molecule has 1 unspecified atom stereocenters. The first-order chi connectivity index (χ1) is 13.4. The third-order valence-electron chi connectivity index (χ3n) is 3.69. The summed E-state index contributed by atoms with van der Waals surface area (Å²) in [6.45, 7) is 1.42. The van der Waals surface area contributed by atoms with E-state index in [0.29, 0.717) is 11.4 Å². The van der Waals surface area contributed by atoms with Gasteiger partial charge in [-0.05, 0) is 47.7 Å². The van der Waals surface area contributed by atoms with E-state index >= 15 is 0 Å². The molecule has 0 spiro atoms. The average molecular weight is 382 g/mol. The van der Waals surface area contributed by atoms with Crippen LogP contribution in [0.4, 0.5) is 11.4 Å². The van der Waals surface area contributed by atoms with Crippen molar-refractivity contribution in [1.82, 2.24) is 20.2 Å². The van der Waals surface area contributed by atoms with Gasteiger partial charge in [0.2, 0.25) is 0 Å². The quantitative estimate of drug-likeness (QED) is 0.386. The van der Waals surface area contributed by atoms with Gasteiger partial charge in [-0.15, -0.1) is 5.10 Å². The number of aromatic nitrogens is 4. The zero-order valence-corrected chi connectivity index (χ0v) is 14.6. The van der Waals surface area contributed by atoms with Crippen molar-refractivity contribution in [3.8, 4) is 5.69 Å². The van der Waals surface area contributed by atoms with Gasteiger partial charge in [-0.3, -0.25) is 14.9 Å². The van der Waals surface area contributed by atoms with Gasteiger partial charge >= 0.3 is 5.97 Å². The molecule has 1 aromatic heterocycles. The number of esters is 1. The van der Waals surface area contributed by atoms with Gasteiger partial charge in [0.05, 0.1) is 16.2 Å². The van der Waals surface area contributed by atoms with Crippen molar-refractivity contribution in [2.45, 2.75) is 13.0 Å². The predicted molar refractivity (Wildman–Crippen MR) is 95.8 cm³/mol. The van der Waals surface area contributed by atoms with Crippen molar-refractivity contribution in [3.05, 3.63) is 70.5 Å². The minimum atomic E-state index is -1.08.